The van der Waals surface area contributed by atoms with Crippen LogP contribution < -0.4 is 0 Å². The number of piperidine rings is 1. The zero-order valence-corrected chi connectivity index (χ0v) is 16.5. The number of nitrogens with one attached hydrogen (secondary N) is 1. The van der Waals surface area contributed by atoms with Gasteiger partial charge in [0.25, 0.3) is 0 Å². The Kier molecular flexibility index (Phi) is 5.67. The molecule has 0 spiro atoms. The predicted octanol–water partition coefficient (Wildman–Crippen LogP) is 3.33. The second-order valence-electron chi connectivity index (χ2n) is 7.70. The lowest BCUT2D eigenvalue weighted by Gasteiger charge is -2.32. The van der Waals surface area contributed by atoms with Gasteiger partial charge in [0.1, 0.15) is 5.69 Å². The number of aromatic nitrogens is 4. The minimum atomic E-state index is -0.860. The van der Waals surface area contributed by atoms with Crippen LogP contribution in [0.1, 0.15) is 40.2 Å². The van der Waals surface area contributed by atoms with Crippen molar-refractivity contribution in [3.63, 3.8) is 0 Å². The monoisotopic (exact) mass is 391 g/mol. The molecule has 0 bridgehead atoms. The van der Waals surface area contributed by atoms with Gasteiger partial charge in [-0.25, -0.2) is 14.8 Å². The number of H-pyrrole nitrogens is 1. The molecule has 1 aliphatic heterocycles. The van der Waals surface area contributed by atoms with Crippen molar-refractivity contribution >= 4 is 5.97 Å². The molecule has 3 aromatic rings. The first-order valence-electron chi connectivity index (χ1n) is 9.95. The third-order valence-corrected chi connectivity index (χ3v) is 5.48. The van der Waals surface area contributed by atoms with Gasteiger partial charge in [-0.1, -0.05) is 18.2 Å². The standard InChI is InChI=1S/C22H25N5O2/c1-15-11-24-21(25-15)20-13-23-12-18(26-20)10-16-6-8-27(9-7-16)14-17-4-2-3-5-19(17)22(28)29/h2-5,11-13,16H,6-10,14H2,1H3,(H,24,25)(H,28,29). The number of hydrogen-bond acceptors (Lipinski definition) is 5. The summed E-state index contributed by atoms with van der Waals surface area (Å²) in [4.78, 5) is 30.4. The van der Waals surface area contributed by atoms with Gasteiger partial charge >= 0.3 is 5.97 Å². The molecule has 1 saturated heterocycles. The van der Waals surface area contributed by atoms with Crippen molar-refractivity contribution in [2.45, 2.75) is 32.7 Å². The molecular formula is C22H25N5O2. The number of imidazole rings is 1. The molecule has 4 rings (SSSR count). The van der Waals surface area contributed by atoms with Crippen molar-refractivity contribution in [1.82, 2.24) is 24.8 Å². The molecule has 0 amide bonds. The number of carboxylic acid groups (broad SMARTS) is 1. The molecular weight excluding hydrogens is 366 g/mol. The van der Waals surface area contributed by atoms with E-state index in [0.29, 0.717) is 18.0 Å². The van der Waals surface area contributed by atoms with Gasteiger partial charge in [0.15, 0.2) is 5.82 Å². The largest absolute Gasteiger partial charge is 0.478 e. The van der Waals surface area contributed by atoms with Crippen molar-refractivity contribution in [1.29, 1.82) is 0 Å². The minimum absolute atomic E-state index is 0.398. The predicted molar refractivity (Wildman–Crippen MR) is 109 cm³/mol. The molecule has 150 valence electrons. The normalized spacial score (nSPS) is 15.5. The molecule has 1 fully saturated rings. The van der Waals surface area contributed by atoms with Crippen LogP contribution in [-0.4, -0.2) is 49.0 Å². The van der Waals surface area contributed by atoms with Crippen molar-refractivity contribution in [2.75, 3.05) is 13.1 Å². The lowest BCUT2D eigenvalue weighted by molar-refractivity contribution is 0.0693. The fourth-order valence-corrected chi connectivity index (χ4v) is 3.91. The number of hydrogen-bond donors (Lipinski definition) is 2. The Balaban J connectivity index is 1.34. The third kappa shape index (κ3) is 4.68. The van der Waals surface area contributed by atoms with E-state index in [9.17, 15) is 9.90 Å². The Labute approximate surface area is 169 Å². The number of likely N-dealkylation sites (tertiary alicyclic amines) is 1. The topological polar surface area (TPSA) is 95.0 Å². The quantitative estimate of drug-likeness (QED) is 0.669. The van der Waals surface area contributed by atoms with Gasteiger partial charge in [0.2, 0.25) is 0 Å². The summed E-state index contributed by atoms with van der Waals surface area (Å²) in [6.07, 6.45) is 8.42. The van der Waals surface area contributed by atoms with Gasteiger partial charge in [-0.05, 0) is 56.8 Å². The van der Waals surface area contributed by atoms with Gasteiger partial charge in [-0.3, -0.25) is 9.88 Å². The smallest absolute Gasteiger partial charge is 0.336 e. The van der Waals surface area contributed by atoms with E-state index in [1.165, 1.54) is 0 Å². The molecule has 0 aliphatic carbocycles. The Hall–Kier alpha value is -3.06. The Morgan fingerprint density at radius 3 is 2.72 bits per heavy atom. The summed E-state index contributed by atoms with van der Waals surface area (Å²) in [5.41, 5.74) is 4.05. The van der Waals surface area contributed by atoms with Crippen molar-refractivity contribution < 1.29 is 9.90 Å². The summed E-state index contributed by atoms with van der Waals surface area (Å²) in [7, 11) is 0. The first-order valence-corrected chi connectivity index (χ1v) is 9.95. The second-order valence-corrected chi connectivity index (χ2v) is 7.70. The highest BCUT2D eigenvalue weighted by Gasteiger charge is 2.22. The molecule has 0 saturated carbocycles. The van der Waals surface area contributed by atoms with E-state index in [-0.39, 0.29) is 0 Å². The fraction of sp³-hybridized carbons (Fsp3) is 0.364. The zero-order chi connectivity index (χ0) is 20.2. The van der Waals surface area contributed by atoms with Crippen LogP contribution in [-0.2, 0) is 13.0 Å². The highest BCUT2D eigenvalue weighted by molar-refractivity contribution is 5.89. The molecule has 0 radical (unpaired) electrons. The van der Waals surface area contributed by atoms with E-state index >= 15 is 0 Å². The van der Waals surface area contributed by atoms with Crippen LogP contribution in [0.2, 0.25) is 0 Å². The van der Waals surface area contributed by atoms with E-state index < -0.39 is 5.97 Å². The van der Waals surface area contributed by atoms with Crippen LogP contribution in [0.3, 0.4) is 0 Å². The van der Waals surface area contributed by atoms with E-state index in [1.54, 1.807) is 24.5 Å². The number of benzene rings is 1. The molecule has 1 aromatic carbocycles. The number of carbonyl (C=O) groups is 1. The number of rotatable bonds is 6. The Morgan fingerprint density at radius 1 is 1.21 bits per heavy atom. The van der Waals surface area contributed by atoms with Crippen LogP contribution in [0.15, 0.2) is 42.9 Å². The summed E-state index contributed by atoms with van der Waals surface area (Å²) in [6, 6.07) is 7.27. The average Bonchev–Trinajstić information content (AvgIpc) is 3.16. The van der Waals surface area contributed by atoms with Crippen molar-refractivity contribution in [3.8, 4) is 11.5 Å². The highest BCUT2D eigenvalue weighted by Crippen LogP contribution is 2.23. The zero-order valence-electron chi connectivity index (χ0n) is 16.5. The highest BCUT2D eigenvalue weighted by atomic mass is 16.4. The Bertz CT molecular complexity index is 992. The van der Waals surface area contributed by atoms with Gasteiger partial charge < -0.3 is 10.1 Å². The first kappa shape index (κ1) is 19.3. The molecule has 7 heteroatoms. The summed E-state index contributed by atoms with van der Waals surface area (Å²) in [5.74, 6) is 0.452. The van der Waals surface area contributed by atoms with Gasteiger partial charge in [-0.2, -0.15) is 0 Å². The average molecular weight is 391 g/mol. The van der Waals surface area contributed by atoms with Crippen molar-refractivity contribution in [2.24, 2.45) is 5.92 Å². The minimum Gasteiger partial charge on any atom is -0.478 e. The van der Waals surface area contributed by atoms with E-state index in [2.05, 4.69) is 19.9 Å². The maximum absolute atomic E-state index is 11.4. The number of aromatic carboxylic acids is 1. The third-order valence-electron chi connectivity index (χ3n) is 5.48. The van der Waals surface area contributed by atoms with E-state index in [1.807, 2.05) is 25.3 Å². The summed E-state index contributed by atoms with van der Waals surface area (Å²) < 4.78 is 0. The number of carboxylic acids is 1. The van der Waals surface area contributed by atoms with Crippen molar-refractivity contribution in [3.05, 3.63) is 65.4 Å². The van der Waals surface area contributed by atoms with E-state index in [4.69, 9.17) is 4.98 Å². The Morgan fingerprint density at radius 2 is 2.00 bits per heavy atom. The molecule has 7 nitrogen and oxygen atoms in total. The number of nitrogens with zero attached hydrogens (tertiary/aromatic N) is 4. The first-order chi connectivity index (χ1) is 14.1. The van der Waals surface area contributed by atoms with E-state index in [0.717, 1.165) is 60.8 Å². The summed E-state index contributed by atoms with van der Waals surface area (Å²) in [5, 5.41) is 9.37. The number of aryl methyl sites for hydroxylation is 1. The van der Waals surface area contributed by atoms with Crippen LogP contribution in [0, 0.1) is 12.8 Å². The molecule has 2 N–H and O–H groups in total. The molecule has 0 atom stereocenters. The molecule has 3 heterocycles. The second kappa shape index (κ2) is 8.53. The molecule has 0 unspecified atom stereocenters. The molecule has 29 heavy (non-hydrogen) atoms. The summed E-state index contributed by atoms with van der Waals surface area (Å²) in [6.45, 7) is 4.57. The molecule has 1 aliphatic rings. The summed E-state index contributed by atoms with van der Waals surface area (Å²) >= 11 is 0. The fourth-order valence-electron chi connectivity index (χ4n) is 3.91. The number of aromatic amines is 1. The molecule has 2 aromatic heterocycles. The maximum Gasteiger partial charge on any atom is 0.336 e. The maximum atomic E-state index is 11.4. The van der Waals surface area contributed by atoms with Gasteiger partial charge in [0, 0.05) is 24.6 Å². The van der Waals surface area contributed by atoms with Crippen LogP contribution in [0.25, 0.3) is 11.5 Å². The lowest BCUT2D eigenvalue weighted by atomic mass is 9.92. The van der Waals surface area contributed by atoms with Gasteiger partial charge in [0.05, 0.1) is 17.5 Å². The van der Waals surface area contributed by atoms with Crippen LogP contribution in [0.4, 0.5) is 0 Å². The van der Waals surface area contributed by atoms with Gasteiger partial charge in [-0.15, -0.1) is 0 Å². The lowest BCUT2D eigenvalue weighted by Crippen LogP contribution is -2.34. The SMILES string of the molecule is Cc1cnc(-c2cncc(CC3CCN(Cc4ccccc4C(=O)O)CC3)n2)[nH]1. The van der Waals surface area contributed by atoms with Crippen LogP contribution in [0.5, 0.6) is 0 Å². The van der Waals surface area contributed by atoms with Crippen LogP contribution >= 0.6 is 0 Å².